The van der Waals surface area contributed by atoms with Gasteiger partial charge in [0.05, 0.1) is 23.1 Å². The van der Waals surface area contributed by atoms with Crippen molar-refractivity contribution in [3.8, 4) is 5.69 Å². The summed E-state index contributed by atoms with van der Waals surface area (Å²) in [6, 6.07) is 12.4. The molecule has 164 valence electrons. The molecule has 0 aliphatic rings. The Morgan fingerprint density at radius 2 is 1.84 bits per heavy atom. The molecule has 0 saturated carbocycles. The highest BCUT2D eigenvalue weighted by molar-refractivity contribution is 6.30. The Morgan fingerprint density at radius 3 is 2.50 bits per heavy atom. The predicted octanol–water partition coefficient (Wildman–Crippen LogP) is 5.95. The van der Waals surface area contributed by atoms with E-state index in [9.17, 15) is 9.18 Å². The van der Waals surface area contributed by atoms with Crippen molar-refractivity contribution in [3.05, 3.63) is 116 Å². The maximum absolute atomic E-state index is 14.5. The van der Waals surface area contributed by atoms with E-state index in [1.807, 2.05) is 49.7 Å². The van der Waals surface area contributed by atoms with Crippen LogP contribution in [-0.2, 0) is 6.42 Å². The van der Waals surface area contributed by atoms with Crippen LogP contribution in [0.2, 0.25) is 5.02 Å². The topological polar surface area (TPSA) is 39.8 Å². The molecule has 0 bridgehead atoms. The minimum absolute atomic E-state index is 0.172. The lowest BCUT2D eigenvalue weighted by molar-refractivity contribution is 0.545. The van der Waals surface area contributed by atoms with Gasteiger partial charge in [-0.15, -0.1) is 0 Å². The third kappa shape index (κ3) is 4.39. The van der Waals surface area contributed by atoms with Crippen LogP contribution in [0.5, 0.6) is 0 Å². The van der Waals surface area contributed by atoms with Crippen LogP contribution in [0.4, 0.5) is 4.39 Å². The first-order valence-electron chi connectivity index (χ1n) is 10.5. The summed E-state index contributed by atoms with van der Waals surface area (Å²) in [5.41, 5.74) is 5.77. The fourth-order valence-corrected chi connectivity index (χ4v) is 4.28. The SMILES string of the molecule is Cc1ccc([C@H](C)n2cc(Cl)cc(Cc3ccc(-n4cnc(C)c4)c(C)c3)c2=O)c(F)c1. The lowest BCUT2D eigenvalue weighted by atomic mass is 10.0. The molecule has 0 saturated heterocycles. The van der Waals surface area contributed by atoms with Gasteiger partial charge in [0.15, 0.2) is 0 Å². The van der Waals surface area contributed by atoms with Crippen molar-refractivity contribution in [1.82, 2.24) is 14.1 Å². The lowest BCUT2D eigenvalue weighted by Gasteiger charge is -2.18. The second kappa shape index (κ2) is 8.75. The van der Waals surface area contributed by atoms with Crippen molar-refractivity contribution in [2.45, 2.75) is 40.2 Å². The van der Waals surface area contributed by atoms with Gasteiger partial charge >= 0.3 is 0 Å². The van der Waals surface area contributed by atoms with E-state index in [-0.39, 0.29) is 11.4 Å². The molecular formula is C26H25ClFN3O. The van der Waals surface area contributed by atoms with Gasteiger partial charge in [0.1, 0.15) is 5.82 Å². The molecule has 1 atom stereocenters. The average Bonchev–Trinajstić information content (AvgIpc) is 3.16. The molecule has 0 aliphatic heterocycles. The zero-order valence-corrected chi connectivity index (χ0v) is 19.3. The van der Waals surface area contributed by atoms with Crippen molar-refractivity contribution < 1.29 is 4.39 Å². The van der Waals surface area contributed by atoms with E-state index in [4.69, 9.17) is 11.6 Å². The first kappa shape index (κ1) is 22.0. The second-order valence-corrected chi connectivity index (χ2v) is 8.75. The standard InChI is InChI=1S/C26H25ClFN3O/c1-16-5-7-23(24(28)9-16)19(4)31-14-22(27)12-21(26(31)32)11-20-6-8-25(17(2)10-20)30-13-18(3)29-15-30/h5-10,12-15,19H,11H2,1-4H3/t19-/m0/s1. The van der Waals surface area contributed by atoms with E-state index < -0.39 is 6.04 Å². The quantitative estimate of drug-likeness (QED) is 0.377. The Kier molecular flexibility index (Phi) is 6.02. The van der Waals surface area contributed by atoms with Gasteiger partial charge in [-0.05, 0) is 62.6 Å². The molecule has 2 heterocycles. The molecule has 4 aromatic rings. The van der Waals surface area contributed by atoms with E-state index in [1.54, 1.807) is 31.6 Å². The smallest absolute Gasteiger partial charge is 0.254 e. The Morgan fingerprint density at radius 1 is 1.06 bits per heavy atom. The largest absolute Gasteiger partial charge is 0.306 e. The lowest BCUT2D eigenvalue weighted by Crippen LogP contribution is -2.27. The highest BCUT2D eigenvalue weighted by Crippen LogP contribution is 2.23. The molecule has 0 N–H and O–H groups in total. The number of halogens is 2. The number of imidazole rings is 1. The Balaban J connectivity index is 1.67. The minimum Gasteiger partial charge on any atom is -0.306 e. The van der Waals surface area contributed by atoms with E-state index >= 15 is 0 Å². The fourth-order valence-electron chi connectivity index (χ4n) is 4.05. The number of pyridine rings is 1. The molecule has 0 spiro atoms. The van der Waals surface area contributed by atoms with Crippen LogP contribution < -0.4 is 5.56 Å². The Hall–Kier alpha value is -3.18. The molecule has 0 unspecified atom stereocenters. The van der Waals surface area contributed by atoms with Crippen molar-refractivity contribution in [3.63, 3.8) is 0 Å². The number of nitrogens with zero attached hydrogens (tertiary/aromatic N) is 3. The molecule has 4 nitrogen and oxygen atoms in total. The van der Waals surface area contributed by atoms with E-state index in [1.165, 1.54) is 10.6 Å². The molecule has 4 rings (SSSR count). The van der Waals surface area contributed by atoms with Crippen molar-refractivity contribution >= 4 is 11.6 Å². The number of aromatic nitrogens is 3. The number of aryl methyl sites for hydroxylation is 3. The third-order valence-corrected chi connectivity index (χ3v) is 5.96. The maximum Gasteiger partial charge on any atom is 0.254 e. The molecule has 2 aromatic carbocycles. The Bertz CT molecular complexity index is 1360. The molecule has 32 heavy (non-hydrogen) atoms. The summed E-state index contributed by atoms with van der Waals surface area (Å²) >= 11 is 6.36. The zero-order valence-electron chi connectivity index (χ0n) is 18.6. The molecule has 2 aromatic heterocycles. The van der Waals surface area contributed by atoms with Gasteiger partial charge < -0.3 is 9.13 Å². The van der Waals surface area contributed by atoms with E-state index in [2.05, 4.69) is 11.1 Å². The van der Waals surface area contributed by atoms with Crippen LogP contribution in [0.15, 0.2) is 66.0 Å². The zero-order chi connectivity index (χ0) is 23.0. The number of hydrogen-bond acceptors (Lipinski definition) is 2. The third-order valence-electron chi connectivity index (χ3n) is 5.75. The molecule has 0 aliphatic carbocycles. The number of benzene rings is 2. The van der Waals surface area contributed by atoms with Crippen LogP contribution in [0.25, 0.3) is 5.69 Å². The molecule has 0 fully saturated rings. The van der Waals surface area contributed by atoms with E-state index in [0.717, 1.165) is 28.1 Å². The van der Waals surface area contributed by atoms with Gasteiger partial charge in [-0.2, -0.15) is 0 Å². The monoisotopic (exact) mass is 449 g/mol. The summed E-state index contributed by atoms with van der Waals surface area (Å²) in [5.74, 6) is -0.327. The predicted molar refractivity (Wildman–Crippen MR) is 127 cm³/mol. The molecule has 6 heteroatoms. The van der Waals surface area contributed by atoms with Gasteiger partial charge in [-0.3, -0.25) is 4.79 Å². The van der Waals surface area contributed by atoms with Crippen molar-refractivity contribution in [2.75, 3.05) is 0 Å². The molecule has 0 radical (unpaired) electrons. The van der Waals surface area contributed by atoms with E-state index in [0.29, 0.717) is 22.6 Å². The van der Waals surface area contributed by atoms with Crippen LogP contribution in [-0.4, -0.2) is 14.1 Å². The number of rotatable bonds is 5. The minimum atomic E-state index is -0.478. The summed E-state index contributed by atoms with van der Waals surface area (Å²) in [4.78, 5) is 17.5. The van der Waals surface area contributed by atoms with Crippen LogP contribution in [0, 0.1) is 26.6 Å². The number of hydrogen-bond donors (Lipinski definition) is 0. The van der Waals surface area contributed by atoms with Gasteiger partial charge in [-0.1, -0.05) is 35.9 Å². The first-order chi connectivity index (χ1) is 15.2. The fraction of sp³-hybridized carbons (Fsp3) is 0.231. The van der Waals surface area contributed by atoms with Crippen molar-refractivity contribution in [1.29, 1.82) is 0 Å². The summed E-state index contributed by atoms with van der Waals surface area (Å²) in [6.07, 6.45) is 5.78. The molecule has 0 amide bonds. The maximum atomic E-state index is 14.5. The van der Waals surface area contributed by atoms with Gasteiger partial charge in [0.2, 0.25) is 0 Å². The van der Waals surface area contributed by atoms with Crippen LogP contribution in [0.3, 0.4) is 0 Å². The summed E-state index contributed by atoms with van der Waals surface area (Å²) in [6.45, 7) is 7.63. The average molecular weight is 450 g/mol. The first-order valence-corrected chi connectivity index (χ1v) is 10.9. The van der Waals surface area contributed by atoms with Crippen molar-refractivity contribution in [2.24, 2.45) is 0 Å². The van der Waals surface area contributed by atoms with Gasteiger partial charge in [-0.25, -0.2) is 9.37 Å². The van der Waals surface area contributed by atoms with Gasteiger partial charge in [0, 0.05) is 35.6 Å². The molecular weight excluding hydrogens is 425 g/mol. The van der Waals surface area contributed by atoms with Crippen LogP contribution in [0.1, 0.15) is 46.5 Å². The van der Waals surface area contributed by atoms with Gasteiger partial charge in [0.25, 0.3) is 5.56 Å². The Labute approximate surface area is 191 Å². The second-order valence-electron chi connectivity index (χ2n) is 8.32. The summed E-state index contributed by atoms with van der Waals surface area (Å²) in [7, 11) is 0. The highest BCUT2D eigenvalue weighted by Gasteiger charge is 2.17. The van der Waals surface area contributed by atoms with Crippen LogP contribution >= 0.6 is 11.6 Å². The summed E-state index contributed by atoms with van der Waals surface area (Å²) in [5, 5.41) is 0.446. The highest BCUT2D eigenvalue weighted by atomic mass is 35.5. The normalized spacial score (nSPS) is 12.2. The summed E-state index contributed by atoms with van der Waals surface area (Å²) < 4.78 is 18.0.